The highest BCUT2D eigenvalue weighted by molar-refractivity contribution is 5.91. The van der Waals surface area contributed by atoms with Gasteiger partial charge < -0.3 is 45.8 Å². The second-order valence-corrected chi connectivity index (χ2v) is 18.0. The maximum Gasteiger partial charge on any atom is 0.407 e. The number of para-hydroxylation sites is 1. The average molecular weight is 968 g/mol. The van der Waals surface area contributed by atoms with Crippen LogP contribution in [0.2, 0.25) is 0 Å². The van der Waals surface area contributed by atoms with E-state index in [0.29, 0.717) is 43.6 Å². The minimum atomic E-state index is -1.91. The largest absolute Gasteiger partial charge is 0.457 e. The number of hydrogen-bond donors (Lipinski definition) is 5. The number of cyclic esters (lactones) is 1. The summed E-state index contributed by atoms with van der Waals surface area (Å²) in [5.74, 6) is -3.93. The first-order valence-electron chi connectivity index (χ1n) is 24.1. The minimum Gasteiger partial charge on any atom is -0.457 e. The van der Waals surface area contributed by atoms with E-state index in [1.165, 1.54) is 6.92 Å². The van der Waals surface area contributed by atoms with Gasteiger partial charge in [0.1, 0.15) is 25.3 Å². The van der Waals surface area contributed by atoms with Crippen molar-refractivity contribution in [1.29, 1.82) is 0 Å². The Bertz CT molecular complexity index is 2920. The second kappa shape index (κ2) is 21.8. The number of nitrogens with zero attached hydrogens (tertiary/aromatic N) is 2. The van der Waals surface area contributed by atoms with Gasteiger partial charge in [-0.2, -0.15) is 0 Å². The van der Waals surface area contributed by atoms with Crippen LogP contribution in [-0.2, 0) is 61.7 Å². The van der Waals surface area contributed by atoms with Crippen LogP contribution < -0.4 is 32.6 Å². The molecule has 18 nitrogen and oxygen atoms in total. The third kappa shape index (κ3) is 10.8. The number of rotatable bonds is 21. The molecule has 18 heteroatoms. The van der Waals surface area contributed by atoms with Crippen LogP contribution in [0.1, 0.15) is 105 Å². The number of nitrogens with two attached hydrogens (primary N) is 1. The molecular weight excluding hydrogens is 911 g/mol. The molecule has 5 amide bonds. The summed E-state index contributed by atoms with van der Waals surface area (Å²) in [7, 11) is 0. The third-order valence-corrected chi connectivity index (χ3v) is 13.4. The summed E-state index contributed by atoms with van der Waals surface area (Å²) in [6, 6.07) is 24.9. The number of benzene rings is 3. The molecule has 0 unspecified atom stereocenters. The van der Waals surface area contributed by atoms with Crippen molar-refractivity contribution in [2.45, 2.75) is 108 Å². The first-order valence-corrected chi connectivity index (χ1v) is 24.1. The van der Waals surface area contributed by atoms with Gasteiger partial charge in [0.2, 0.25) is 29.2 Å². The van der Waals surface area contributed by atoms with Crippen LogP contribution in [0.4, 0.5) is 4.79 Å². The quantitative estimate of drug-likeness (QED) is 0.0368. The lowest BCUT2D eigenvalue weighted by Gasteiger charge is -2.35. The Balaban J connectivity index is 0.813. The van der Waals surface area contributed by atoms with Gasteiger partial charge in [0.25, 0.3) is 5.56 Å². The van der Waals surface area contributed by atoms with Gasteiger partial charge in [0, 0.05) is 48.9 Å². The van der Waals surface area contributed by atoms with Gasteiger partial charge in [-0.3, -0.25) is 28.8 Å². The smallest absolute Gasteiger partial charge is 0.407 e. The highest BCUT2D eigenvalue weighted by Gasteiger charge is 2.50. The van der Waals surface area contributed by atoms with Crippen LogP contribution in [0, 0.1) is 0 Å². The zero-order valence-electron chi connectivity index (χ0n) is 39.7. The lowest BCUT2D eigenvalue weighted by atomic mass is 9.85. The second-order valence-electron chi connectivity index (χ2n) is 18.0. The number of primary amides is 1. The van der Waals surface area contributed by atoms with Crippen LogP contribution in [0.5, 0.6) is 0 Å². The predicted octanol–water partition coefficient (Wildman–Crippen LogP) is 4.88. The molecule has 8 rings (SSSR count). The number of alkyl carbamates (subject to hydrolysis) is 1. The van der Waals surface area contributed by atoms with E-state index in [9.17, 15) is 38.4 Å². The minimum absolute atomic E-state index is 0.0277. The van der Waals surface area contributed by atoms with Gasteiger partial charge in [-0.25, -0.2) is 14.6 Å². The number of nitrogens with one attached hydrogen (secondary N) is 4. The van der Waals surface area contributed by atoms with E-state index in [0.717, 1.165) is 38.7 Å². The van der Waals surface area contributed by atoms with Crippen molar-refractivity contribution < 1.29 is 47.8 Å². The SMILES string of the molecule is CC[C@@]1(OC(=O)CCC(=O)NCCCC[C@H](NC(=O)[C@H](CCCCNC(C)=O)NC(=O)OCC2c3ccccc3-c3ccccc32)C(N)=O)C(=O)OCc2c1cc1n(c2=O)Cc2cc3ccccc3nc2-1. The summed E-state index contributed by atoms with van der Waals surface area (Å²) in [5.41, 5.74) is 10.7. The lowest BCUT2D eigenvalue weighted by Crippen LogP contribution is -2.53. The zero-order chi connectivity index (χ0) is 50.2. The molecule has 0 saturated carbocycles. The number of pyridine rings is 2. The van der Waals surface area contributed by atoms with Crippen LogP contribution >= 0.6 is 0 Å². The molecule has 3 aromatic carbocycles. The zero-order valence-corrected chi connectivity index (χ0v) is 39.7. The van der Waals surface area contributed by atoms with Crippen molar-refractivity contribution in [3.05, 3.63) is 123 Å². The van der Waals surface area contributed by atoms with E-state index in [2.05, 4.69) is 21.3 Å². The molecule has 4 heterocycles. The molecule has 3 atom stereocenters. The molecule has 71 heavy (non-hydrogen) atoms. The molecule has 370 valence electrons. The van der Waals surface area contributed by atoms with Crippen LogP contribution in [0.3, 0.4) is 0 Å². The Morgan fingerprint density at radius 1 is 0.831 bits per heavy atom. The number of fused-ring (bicyclic) bond motifs is 8. The van der Waals surface area contributed by atoms with Crippen molar-refractivity contribution >= 4 is 52.6 Å². The topological polar surface area (TPSA) is 256 Å². The fraction of sp³-hybridized carbons (Fsp3) is 0.377. The lowest BCUT2D eigenvalue weighted by molar-refractivity contribution is -0.189. The van der Waals surface area contributed by atoms with Crippen molar-refractivity contribution in [1.82, 2.24) is 30.8 Å². The Kier molecular flexibility index (Phi) is 15.2. The molecule has 0 radical (unpaired) electrons. The first kappa shape index (κ1) is 49.5. The number of esters is 2. The highest BCUT2D eigenvalue weighted by Crippen LogP contribution is 2.45. The Morgan fingerprint density at radius 2 is 1.49 bits per heavy atom. The number of aromatic nitrogens is 2. The van der Waals surface area contributed by atoms with Crippen LogP contribution in [0.25, 0.3) is 33.4 Å². The molecule has 0 saturated heterocycles. The van der Waals surface area contributed by atoms with Crippen molar-refractivity contribution in [3.63, 3.8) is 0 Å². The standard InChI is InChI=1S/C53H57N7O11/c1-3-53(40-27-44-47-33(26-32-14-4-9-19-41(32)57-47)28-60(44)50(66)39(40)30-69-51(53)67)71-46(63)23-22-45(62)56-25-13-10-20-42(48(54)64)58-49(65)43(21-11-12-24-55-31(2)61)59-52(68)70-29-38-36-17-7-5-15-34(36)35-16-6-8-18-37(35)38/h4-9,14-19,26-27,38,42-43H,3,10-13,20-25,28-30H2,1-2H3,(H2,54,64)(H,55,61)(H,56,62)(H,58,65)(H,59,68)/t42-,43-,53-/m0/s1. The molecular formula is C53H57N7O11. The maximum atomic E-state index is 13.9. The summed E-state index contributed by atoms with van der Waals surface area (Å²) in [6.45, 7) is 3.64. The normalized spacial score (nSPS) is 15.9. The molecule has 0 fully saturated rings. The predicted molar refractivity (Wildman–Crippen MR) is 260 cm³/mol. The fourth-order valence-corrected chi connectivity index (χ4v) is 9.68. The summed E-state index contributed by atoms with van der Waals surface area (Å²) >= 11 is 0. The molecule has 5 aromatic rings. The van der Waals surface area contributed by atoms with Gasteiger partial charge in [-0.15, -0.1) is 0 Å². The molecule has 6 N–H and O–H groups in total. The van der Waals surface area contributed by atoms with E-state index in [1.807, 2.05) is 78.9 Å². The molecule has 1 aliphatic carbocycles. The molecule has 2 aliphatic heterocycles. The van der Waals surface area contributed by atoms with Crippen molar-refractivity contribution in [2.24, 2.45) is 5.73 Å². The first-order chi connectivity index (χ1) is 34.3. The summed E-state index contributed by atoms with van der Waals surface area (Å²) in [6.07, 6.45) is 0.572. The van der Waals surface area contributed by atoms with Gasteiger partial charge in [0.15, 0.2) is 0 Å². The Hall–Kier alpha value is -7.89. The van der Waals surface area contributed by atoms with Gasteiger partial charge in [0.05, 0.1) is 35.4 Å². The van der Waals surface area contributed by atoms with E-state index in [4.69, 9.17) is 24.9 Å². The van der Waals surface area contributed by atoms with E-state index >= 15 is 0 Å². The van der Waals surface area contributed by atoms with Crippen molar-refractivity contribution in [3.8, 4) is 22.5 Å². The summed E-state index contributed by atoms with van der Waals surface area (Å²) in [4.78, 5) is 109. The number of unbranched alkanes of at least 4 members (excludes halogenated alkanes) is 2. The number of amides is 5. The van der Waals surface area contributed by atoms with Crippen molar-refractivity contribution in [2.75, 3.05) is 19.7 Å². The fourth-order valence-electron chi connectivity index (χ4n) is 9.68. The number of hydrogen-bond acceptors (Lipinski definition) is 12. The Morgan fingerprint density at radius 3 is 2.18 bits per heavy atom. The number of ether oxygens (including phenoxy) is 3. The van der Waals surface area contributed by atoms with Crippen LogP contribution in [0.15, 0.2) is 89.7 Å². The van der Waals surface area contributed by atoms with Gasteiger partial charge in [-0.05, 0) is 85.4 Å². The maximum absolute atomic E-state index is 13.9. The summed E-state index contributed by atoms with van der Waals surface area (Å²) in [5, 5.41) is 11.7. The van der Waals surface area contributed by atoms with Gasteiger partial charge in [-0.1, -0.05) is 73.7 Å². The van der Waals surface area contributed by atoms with E-state index in [1.54, 1.807) is 17.6 Å². The molecule has 0 spiro atoms. The van der Waals surface area contributed by atoms with Crippen LogP contribution in [-0.4, -0.2) is 83.0 Å². The average Bonchev–Trinajstić information content (AvgIpc) is 3.88. The highest BCUT2D eigenvalue weighted by atomic mass is 16.6. The molecule has 2 aromatic heterocycles. The number of carbonyl (C=O) groups excluding carboxylic acids is 7. The van der Waals surface area contributed by atoms with Gasteiger partial charge >= 0.3 is 18.0 Å². The summed E-state index contributed by atoms with van der Waals surface area (Å²) < 4.78 is 18.6. The monoisotopic (exact) mass is 967 g/mol. The van der Waals surface area contributed by atoms with E-state index in [-0.39, 0.29) is 86.9 Å². The van der Waals surface area contributed by atoms with E-state index < -0.39 is 53.4 Å². The third-order valence-electron chi connectivity index (χ3n) is 13.4. The number of carbonyl (C=O) groups is 7. The molecule has 0 bridgehead atoms. The Labute approximate surface area is 409 Å². The molecule has 3 aliphatic rings.